The summed E-state index contributed by atoms with van der Waals surface area (Å²) in [5, 5.41) is 10.3. The Hall–Kier alpha value is -3.66. The Labute approximate surface area is 175 Å². The zero-order valence-electron chi connectivity index (χ0n) is 17.2. The van der Waals surface area contributed by atoms with Gasteiger partial charge in [-0.3, -0.25) is 0 Å². The van der Waals surface area contributed by atoms with Crippen LogP contribution in [0.1, 0.15) is 29.8 Å². The van der Waals surface area contributed by atoms with E-state index in [-0.39, 0.29) is 11.7 Å². The third kappa shape index (κ3) is 4.03. The van der Waals surface area contributed by atoms with Crippen molar-refractivity contribution in [2.75, 3.05) is 0 Å². The van der Waals surface area contributed by atoms with E-state index >= 15 is 0 Å². The van der Waals surface area contributed by atoms with Crippen LogP contribution in [0.25, 0.3) is 33.3 Å². The maximum atomic E-state index is 11.8. The molecule has 0 radical (unpaired) electrons. The molecule has 0 unspecified atom stereocenters. The average Bonchev–Trinajstić information content (AvgIpc) is 2.73. The maximum absolute atomic E-state index is 11.8. The standard InChI is InChI=1S/C26H23NO3/c1-16(2)30-21-11-9-19(10-12-21)18-5-7-20(8-6-18)25-15-23(26(28)29)22-14-17(3)4-13-24(22)27-25/h4-16H,1-3H3,(H,28,29). The topological polar surface area (TPSA) is 59.4 Å². The van der Waals surface area contributed by atoms with Crippen molar-refractivity contribution in [2.45, 2.75) is 26.9 Å². The third-order valence-electron chi connectivity index (χ3n) is 4.93. The van der Waals surface area contributed by atoms with Gasteiger partial charge in [0, 0.05) is 10.9 Å². The number of carboxylic acid groups (broad SMARTS) is 1. The Morgan fingerprint density at radius 2 is 1.47 bits per heavy atom. The van der Waals surface area contributed by atoms with Crippen molar-refractivity contribution in [3.05, 3.63) is 83.9 Å². The number of aromatic carboxylic acids is 1. The smallest absolute Gasteiger partial charge is 0.336 e. The van der Waals surface area contributed by atoms with Crippen LogP contribution in [0.5, 0.6) is 5.75 Å². The first-order valence-electron chi connectivity index (χ1n) is 9.93. The van der Waals surface area contributed by atoms with Crippen LogP contribution >= 0.6 is 0 Å². The monoisotopic (exact) mass is 397 g/mol. The molecule has 0 aliphatic carbocycles. The Bertz CT molecular complexity index is 1210. The number of carbonyl (C=O) groups is 1. The number of aromatic nitrogens is 1. The summed E-state index contributed by atoms with van der Waals surface area (Å²) < 4.78 is 5.70. The molecule has 0 aliphatic heterocycles. The van der Waals surface area contributed by atoms with Crippen LogP contribution in [0.2, 0.25) is 0 Å². The van der Waals surface area contributed by atoms with Crippen LogP contribution in [-0.4, -0.2) is 22.2 Å². The number of benzene rings is 3. The second-order valence-corrected chi connectivity index (χ2v) is 7.65. The van der Waals surface area contributed by atoms with Crippen molar-refractivity contribution < 1.29 is 14.6 Å². The van der Waals surface area contributed by atoms with Crippen LogP contribution in [0, 0.1) is 6.92 Å². The number of hydrogen-bond acceptors (Lipinski definition) is 3. The average molecular weight is 397 g/mol. The summed E-state index contributed by atoms with van der Waals surface area (Å²) in [6.07, 6.45) is 0.143. The van der Waals surface area contributed by atoms with Gasteiger partial charge in [0.15, 0.2) is 0 Å². The van der Waals surface area contributed by atoms with Crippen molar-refractivity contribution in [3.8, 4) is 28.1 Å². The maximum Gasteiger partial charge on any atom is 0.336 e. The van der Waals surface area contributed by atoms with Crippen LogP contribution in [0.4, 0.5) is 0 Å². The minimum Gasteiger partial charge on any atom is -0.491 e. The minimum atomic E-state index is -0.949. The first-order valence-corrected chi connectivity index (χ1v) is 9.93. The molecule has 0 saturated heterocycles. The van der Waals surface area contributed by atoms with Crippen LogP contribution < -0.4 is 4.74 Å². The van der Waals surface area contributed by atoms with Crippen molar-refractivity contribution in [1.29, 1.82) is 0 Å². The molecule has 0 aliphatic rings. The van der Waals surface area contributed by atoms with Gasteiger partial charge in [-0.05, 0) is 62.2 Å². The summed E-state index contributed by atoms with van der Waals surface area (Å²) in [7, 11) is 0. The summed E-state index contributed by atoms with van der Waals surface area (Å²) in [6, 6.07) is 23.3. The fourth-order valence-electron chi connectivity index (χ4n) is 3.50. The lowest BCUT2D eigenvalue weighted by atomic mass is 10.00. The summed E-state index contributed by atoms with van der Waals surface area (Å²) in [6.45, 7) is 5.95. The lowest BCUT2D eigenvalue weighted by molar-refractivity contribution is 0.0699. The van der Waals surface area contributed by atoms with Gasteiger partial charge in [-0.2, -0.15) is 0 Å². The van der Waals surface area contributed by atoms with E-state index in [2.05, 4.69) is 0 Å². The summed E-state index contributed by atoms with van der Waals surface area (Å²) in [5.74, 6) is -0.100. The first-order chi connectivity index (χ1) is 14.4. The molecular formula is C26H23NO3. The number of aryl methyl sites for hydroxylation is 1. The van der Waals surface area contributed by atoms with Gasteiger partial charge in [0.2, 0.25) is 0 Å². The number of rotatable bonds is 5. The number of fused-ring (bicyclic) bond motifs is 1. The second-order valence-electron chi connectivity index (χ2n) is 7.65. The second kappa shape index (κ2) is 7.99. The predicted octanol–water partition coefficient (Wildman–Crippen LogP) is 6.36. The largest absolute Gasteiger partial charge is 0.491 e. The van der Waals surface area contributed by atoms with E-state index in [0.29, 0.717) is 16.6 Å². The molecule has 3 aromatic carbocycles. The molecule has 4 aromatic rings. The highest BCUT2D eigenvalue weighted by Crippen LogP contribution is 2.29. The van der Waals surface area contributed by atoms with Gasteiger partial charge in [-0.25, -0.2) is 9.78 Å². The molecule has 0 bridgehead atoms. The molecular weight excluding hydrogens is 374 g/mol. The van der Waals surface area contributed by atoms with E-state index < -0.39 is 5.97 Å². The quantitative estimate of drug-likeness (QED) is 0.425. The van der Waals surface area contributed by atoms with Gasteiger partial charge in [-0.15, -0.1) is 0 Å². The molecule has 4 nitrogen and oxygen atoms in total. The molecule has 1 heterocycles. The lowest BCUT2D eigenvalue weighted by Crippen LogP contribution is -2.05. The van der Waals surface area contributed by atoms with Gasteiger partial charge in [0.05, 0.1) is 22.9 Å². The van der Waals surface area contributed by atoms with Crippen molar-refractivity contribution >= 4 is 16.9 Å². The molecule has 0 fully saturated rings. The molecule has 150 valence electrons. The third-order valence-corrected chi connectivity index (χ3v) is 4.93. The first kappa shape index (κ1) is 19.6. The van der Waals surface area contributed by atoms with Crippen molar-refractivity contribution in [1.82, 2.24) is 4.98 Å². The molecule has 4 rings (SSSR count). The highest BCUT2D eigenvalue weighted by Gasteiger charge is 2.13. The van der Waals surface area contributed by atoms with Gasteiger partial charge >= 0.3 is 5.97 Å². The molecule has 0 spiro atoms. The number of hydrogen-bond donors (Lipinski definition) is 1. The Morgan fingerprint density at radius 3 is 2.07 bits per heavy atom. The van der Waals surface area contributed by atoms with E-state index in [1.165, 1.54) is 0 Å². The summed E-state index contributed by atoms with van der Waals surface area (Å²) in [4.78, 5) is 16.5. The molecule has 0 atom stereocenters. The van der Waals surface area contributed by atoms with E-state index in [9.17, 15) is 9.90 Å². The zero-order valence-corrected chi connectivity index (χ0v) is 17.2. The van der Waals surface area contributed by atoms with E-state index in [1.807, 2.05) is 87.5 Å². The molecule has 1 aromatic heterocycles. The Kier molecular flexibility index (Phi) is 5.23. The Morgan fingerprint density at radius 1 is 0.867 bits per heavy atom. The van der Waals surface area contributed by atoms with Gasteiger partial charge in [-0.1, -0.05) is 48.0 Å². The van der Waals surface area contributed by atoms with Gasteiger partial charge in [0.1, 0.15) is 5.75 Å². The SMILES string of the molecule is Cc1ccc2nc(-c3ccc(-c4ccc(OC(C)C)cc4)cc3)cc(C(=O)O)c2c1. The molecule has 1 N–H and O–H groups in total. The molecule has 0 amide bonds. The summed E-state index contributed by atoms with van der Waals surface area (Å²) >= 11 is 0. The van der Waals surface area contributed by atoms with E-state index in [4.69, 9.17) is 9.72 Å². The van der Waals surface area contributed by atoms with Gasteiger partial charge < -0.3 is 9.84 Å². The fraction of sp³-hybridized carbons (Fsp3) is 0.154. The fourth-order valence-corrected chi connectivity index (χ4v) is 3.50. The molecule has 30 heavy (non-hydrogen) atoms. The number of carboxylic acids is 1. The van der Waals surface area contributed by atoms with Gasteiger partial charge in [0.25, 0.3) is 0 Å². The predicted molar refractivity (Wildman–Crippen MR) is 120 cm³/mol. The molecule has 4 heteroatoms. The van der Waals surface area contributed by atoms with Crippen molar-refractivity contribution in [2.24, 2.45) is 0 Å². The Balaban J connectivity index is 1.68. The molecule has 0 saturated carbocycles. The minimum absolute atomic E-state index is 0.143. The van der Waals surface area contributed by atoms with Crippen LogP contribution in [-0.2, 0) is 0 Å². The lowest BCUT2D eigenvalue weighted by Gasteiger charge is -2.11. The number of nitrogens with zero attached hydrogens (tertiary/aromatic N) is 1. The zero-order chi connectivity index (χ0) is 21.3. The van der Waals surface area contributed by atoms with E-state index in [0.717, 1.165) is 28.0 Å². The normalized spacial score (nSPS) is 11.1. The highest BCUT2D eigenvalue weighted by atomic mass is 16.5. The van der Waals surface area contributed by atoms with Crippen LogP contribution in [0.3, 0.4) is 0 Å². The number of pyridine rings is 1. The number of ether oxygens (including phenoxy) is 1. The van der Waals surface area contributed by atoms with Crippen molar-refractivity contribution in [3.63, 3.8) is 0 Å². The van der Waals surface area contributed by atoms with Crippen LogP contribution in [0.15, 0.2) is 72.8 Å². The summed E-state index contributed by atoms with van der Waals surface area (Å²) in [5.41, 5.74) is 5.65. The highest BCUT2D eigenvalue weighted by molar-refractivity contribution is 6.04. The van der Waals surface area contributed by atoms with E-state index in [1.54, 1.807) is 6.07 Å².